The third-order valence-corrected chi connectivity index (χ3v) is 1.71. The first-order valence-corrected chi connectivity index (χ1v) is 3.74. The zero-order valence-corrected chi connectivity index (χ0v) is 7.01. The van der Waals surface area contributed by atoms with Crippen molar-refractivity contribution in [2.24, 2.45) is 0 Å². The molecule has 0 spiro atoms. The van der Waals surface area contributed by atoms with E-state index in [0.717, 1.165) is 5.52 Å². The normalized spacial score (nSPS) is 10.6. The van der Waals surface area contributed by atoms with Crippen LogP contribution in [0, 0.1) is 0 Å². The predicted molar refractivity (Wildman–Crippen MR) is 42.6 cm³/mol. The molecule has 0 aliphatic heterocycles. The number of hydrogen-bond donors (Lipinski definition) is 2. The Hall–Kier alpha value is -1.17. The molecule has 0 unspecified atom stereocenters. The quantitative estimate of drug-likeness (QED) is 0.612. The second kappa shape index (κ2) is 2.16. The molecular formula is C5H5BrN5+. The van der Waals surface area contributed by atoms with Gasteiger partial charge in [0.15, 0.2) is 5.52 Å². The van der Waals surface area contributed by atoms with E-state index in [1.165, 1.54) is 6.33 Å². The molecule has 2 rings (SSSR count). The van der Waals surface area contributed by atoms with Crippen molar-refractivity contribution >= 4 is 32.9 Å². The fraction of sp³-hybridized carbons (Fsp3) is 0. The monoisotopic (exact) mass is 214 g/mol. The lowest BCUT2D eigenvalue weighted by Crippen LogP contribution is -2.06. The third-order valence-electron chi connectivity index (χ3n) is 1.34. The first kappa shape index (κ1) is 6.53. The lowest BCUT2D eigenvalue weighted by molar-refractivity contribution is -0.352. The fourth-order valence-corrected chi connectivity index (χ4v) is 1.24. The molecule has 0 atom stereocenters. The summed E-state index contributed by atoms with van der Waals surface area (Å²) in [6, 6.07) is 0. The summed E-state index contributed by atoms with van der Waals surface area (Å²) in [6.45, 7) is 0. The second-order valence-electron chi connectivity index (χ2n) is 2.04. The molecule has 0 aliphatic carbocycles. The van der Waals surface area contributed by atoms with E-state index in [4.69, 9.17) is 5.73 Å². The van der Waals surface area contributed by atoms with Gasteiger partial charge >= 0.3 is 0 Å². The molecule has 0 aliphatic rings. The highest BCUT2D eigenvalue weighted by atomic mass is 79.9. The Morgan fingerprint density at radius 1 is 1.64 bits per heavy atom. The number of nitrogens with one attached hydrogen (secondary N) is 2. The summed E-state index contributed by atoms with van der Waals surface area (Å²) in [5.41, 5.74) is 6.97. The van der Waals surface area contributed by atoms with Crippen LogP contribution in [-0.4, -0.2) is 15.0 Å². The molecule has 5 nitrogen and oxygen atoms in total. The van der Waals surface area contributed by atoms with Crippen molar-refractivity contribution in [2.45, 2.75) is 0 Å². The van der Waals surface area contributed by atoms with Crippen LogP contribution in [0.5, 0.6) is 0 Å². The van der Waals surface area contributed by atoms with Gasteiger partial charge in [-0.15, -0.1) is 0 Å². The fourth-order valence-electron chi connectivity index (χ4n) is 0.862. The van der Waals surface area contributed by atoms with Gasteiger partial charge in [0.25, 0.3) is 10.4 Å². The van der Waals surface area contributed by atoms with Gasteiger partial charge in [-0.25, -0.2) is 4.98 Å². The lowest BCUT2D eigenvalue weighted by atomic mass is 10.5. The molecule has 0 radical (unpaired) electrons. The summed E-state index contributed by atoms with van der Waals surface area (Å²) in [5.74, 6) is 0.442. The summed E-state index contributed by atoms with van der Waals surface area (Å²) in [6.07, 6.45) is 1.50. The average molecular weight is 215 g/mol. The van der Waals surface area contributed by atoms with Gasteiger partial charge in [0, 0.05) is 15.9 Å². The summed E-state index contributed by atoms with van der Waals surface area (Å²) in [4.78, 5) is 13.7. The molecule has 0 aromatic carbocycles. The van der Waals surface area contributed by atoms with Crippen molar-refractivity contribution in [3.05, 3.63) is 11.1 Å². The molecule has 4 N–H and O–H groups in total. The number of fused-ring (bicyclic) bond motifs is 1. The average Bonchev–Trinajstić information content (AvgIpc) is 2.31. The Labute approximate surface area is 70.2 Å². The van der Waals surface area contributed by atoms with E-state index in [1.54, 1.807) is 0 Å². The van der Waals surface area contributed by atoms with E-state index in [9.17, 15) is 0 Å². The Bertz CT molecular complexity index is 395. The molecule has 0 saturated carbocycles. The minimum atomic E-state index is 0.442. The van der Waals surface area contributed by atoms with Gasteiger partial charge < -0.3 is 10.7 Å². The van der Waals surface area contributed by atoms with Gasteiger partial charge in [-0.3, -0.25) is 0 Å². The molecule has 0 bridgehead atoms. The summed E-state index contributed by atoms with van der Waals surface area (Å²) >= 11 is 3.19. The standard InChI is InChI=1S/C5H4BrN5/c6-5-10-2-3(7)8-1-9-4(2)11-5/h1H,(H3,7,8,9,10,11)/p+1. The van der Waals surface area contributed by atoms with Gasteiger partial charge in [-0.1, -0.05) is 9.97 Å². The summed E-state index contributed by atoms with van der Waals surface area (Å²) < 4.78 is 0.642. The highest BCUT2D eigenvalue weighted by molar-refractivity contribution is 9.10. The molecule has 0 saturated heterocycles. The molecule has 2 aromatic rings. The molecule has 0 amide bonds. The molecule has 11 heavy (non-hydrogen) atoms. The SMILES string of the molecule is Nc1nc[nH+]c2nc(Br)[nH]c12. The minimum absolute atomic E-state index is 0.442. The number of anilines is 1. The molecule has 56 valence electrons. The number of hydrogen-bond acceptors (Lipinski definition) is 3. The van der Waals surface area contributed by atoms with Crippen LogP contribution in [-0.2, 0) is 0 Å². The number of imidazole rings is 1. The van der Waals surface area contributed by atoms with Gasteiger partial charge in [-0.05, 0) is 0 Å². The minimum Gasteiger partial charge on any atom is -0.368 e. The van der Waals surface area contributed by atoms with Crippen LogP contribution in [0.25, 0.3) is 11.2 Å². The van der Waals surface area contributed by atoms with Crippen LogP contribution in [0.1, 0.15) is 0 Å². The van der Waals surface area contributed by atoms with Crippen LogP contribution < -0.4 is 10.7 Å². The highest BCUT2D eigenvalue weighted by Crippen LogP contribution is 2.13. The van der Waals surface area contributed by atoms with E-state index in [2.05, 4.69) is 35.9 Å². The molecule has 6 heteroatoms. The van der Waals surface area contributed by atoms with Crippen molar-refractivity contribution in [1.29, 1.82) is 0 Å². The van der Waals surface area contributed by atoms with Gasteiger partial charge in [-0.2, -0.15) is 0 Å². The largest absolute Gasteiger partial charge is 0.368 e. The van der Waals surface area contributed by atoms with Crippen LogP contribution in [0.2, 0.25) is 0 Å². The number of aromatic nitrogens is 4. The van der Waals surface area contributed by atoms with Crippen molar-refractivity contribution in [3.8, 4) is 0 Å². The number of nitrogens with two attached hydrogens (primary N) is 1. The summed E-state index contributed by atoms with van der Waals surface area (Å²) in [5, 5.41) is 0. The highest BCUT2D eigenvalue weighted by Gasteiger charge is 2.10. The number of rotatable bonds is 0. The van der Waals surface area contributed by atoms with Crippen molar-refractivity contribution in [3.63, 3.8) is 0 Å². The smallest absolute Gasteiger partial charge is 0.292 e. The second-order valence-corrected chi connectivity index (χ2v) is 2.79. The molecular weight excluding hydrogens is 210 g/mol. The van der Waals surface area contributed by atoms with Crippen LogP contribution in [0.3, 0.4) is 0 Å². The van der Waals surface area contributed by atoms with Gasteiger partial charge in [0.1, 0.15) is 0 Å². The van der Waals surface area contributed by atoms with Gasteiger partial charge in [0.05, 0.1) is 0 Å². The Morgan fingerprint density at radius 3 is 3.18 bits per heavy atom. The van der Waals surface area contributed by atoms with Crippen molar-refractivity contribution in [1.82, 2.24) is 15.0 Å². The first-order valence-electron chi connectivity index (χ1n) is 2.95. The Balaban J connectivity index is 2.90. The maximum Gasteiger partial charge on any atom is 0.292 e. The number of H-pyrrole nitrogens is 2. The Kier molecular flexibility index (Phi) is 1.28. The van der Waals surface area contributed by atoms with E-state index in [1.807, 2.05) is 0 Å². The zero-order chi connectivity index (χ0) is 7.84. The van der Waals surface area contributed by atoms with E-state index in [-0.39, 0.29) is 0 Å². The van der Waals surface area contributed by atoms with Crippen LogP contribution >= 0.6 is 15.9 Å². The number of nitrogen functional groups attached to an aromatic ring is 1. The van der Waals surface area contributed by atoms with E-state index >= 15 is 0 Å². The lowest BCUT2D eigenvalue weighted by Gasteiger charge is -1.82. The van der Waals surface area contributed by atoms with Crippen LogP contribution in [0.15, 0.2) is 11.1 Å². The van der Waals surface area contributed by atoms with Crippen molar-refractivity contribution in [2.75, 3.05) is 5.73 Å². The maximum atomic E-state index is 5.55. The third kappa shape index (κ3) is 0.949. The molecule has 0 fully saturated rings. The zero-order valence-electron chi connectivity index (χ0n) is 5.43. The number of nitrogens with zero attached hydrogens (tertiary/aromatic N) is 2. The topological polar surface area (TPSA) is 81.7 Å². The van der Waals surface area contributed by atoms with E-state index in [0.29, 0.717) is 16.2 Å². The maximum absolute atomic E-state index is 5.55. The first-order chi connectivity index (χ1) is 5.27. The molecule has 2 heterocycles. The number of aromatic amines is 2. The van der Waals surface area contributed by atoms with E-state index < -0.39 is 0 Å². The van der Waals surface area contributed by atoms with Gasteiger partial charge in [0.2, 0.25) is 12.1 Å². The molecule has 2 aromatic heterocycles. The number of halogens is 1. The Morgan fingerprint density at radius 2 is 2.45 bits per heavy atom. The predicted octanol–water partition coefficient (Wildman–Crippen LogP) is 0.117. The van der Waals surface area contributed by atoms with Crippen molar-refractivity contribution < 1.29 is 4.98 Å². The summed E-state index contributed by atoms with van der Waals surface area (Å²) in [7, 11) is 0. The van der Waals surface area contributed by atoms with Crippen LogP contribution in [0.4, 0.5) is 5.82 Å².